The zero-order valence-electron chi connectivity index (χ0n) is 11.3. The van der Waals surface area contributed by atoms with E-state index in [-0.39, 0.29) is 6.04 Å². The fourth-order valence-corrected chi connectivity index (χ4v) is 4.20. The van der Waals surface area contributed by atoms with Crippen molar-refractivity contribution >= 4 is 20.8 Å². The van der Waals surface area contributed by atoms with E-state index in [1.807, 2.05) is 19.1 Å². The van der Waals surface area contributed by atoms with E-state index in [4.69, 9.17) is 0 Å². The van der Waals surface area contributed by atoms with Gasteiger partial charge in [0.2, 0.25) is 10.0 Å². The van der Waals surface area contributed by atoms with E-state index in [2.05, 4.69) is 10.3 Å². The van der Waals surface area contributed by atoms with Crippen molar-refractivity contribution in [1.82, 2.24) is 14.6 Å². The molecule has 1 saturated heterocycles. The first-order valence-electron chi connectivity index (χ1n) is 6.65. The van der Waals surface area contributed by atoms with Gasteiger partial charge in [-0.3, -0.25) is 4.98 Å². The number of nitrogens with zero attached hydrogens (tertiary/aromatic N) is 2. The lowest BCUT2D eigenvalue weighted by Crippen LogP contribution is -2.52. The smallest absolute Gasteiger partial charge is 0.243 e. The first-order chi connectivity index (χ1) is 9.59. The number of sulfonamides is 1. The molecule has 6 heteroatoms. The van der Waals surface area contributed by atoms with Crippen molar-refractivity contribution in [2.45, 2.75) is 17.9 Å². The highest BCUT2D eigenvalue weighted by Gasteiger charge is 2.30. The molecule has 0 radical (unpaired) electrons. The highest BCUT2D eigenvalue weighted by molar-refractivity contribution is 7.89. The number of nitrogens with one attached hydrogen (secondary N) is 1. The van der Waals surface area contributed by atoms with Gasteiger partial charge in [-0.15, -0.1) is 0 Å². The first-order valence-corrected chi connectivity index (χ1v) is 8.09. The Morgan fingerprint density at radius 3 is 2.95 bits per heavy atom. The fourth-order valence-electron chi connectivity index (χ4n) is 2.54. The molecule has 1 aromatic carbocycles. The lowest BCUT2D eigenvalue weighted by atomic mass is 10.2. The molecule has 0 amide bonds. The Morgan fingerprint density at radius 2 is 2.15 bits per heavy atom. The van der Waals surface area contributed by atoms with E-state index in [1.54, 1.807) is 28.8 Å². The molecule has 0 unspecified atom stereocenters. The van der Waals surface area contributed by atoms with E-state index in [0.29, 0.717) is 24.5 Å². The quantitative estimate of drug-likeness (QED) is 0.903. The summed E-state index contributed by atoms with van der Waals surface area (Å²) in [6, 6.07) is 6.99. The average molecular weight is 291 g/mol. The van der Waals surface area contributed by atoms with Gasteiger partial charge in [0.1, 0.15) is 0 Å². The molecule has 0 spiro atoms. The normalized spacial score (nSPS) is 21.1. The second-order valence-electron chi connectivity index (χ2n) is 5.05. The number of fused-ring (bicyclic) bond motifs is 1. The van der Waals surface area contributed by atoms with Crippen LogP contribution in [0.3, 0.4) is 0 Å². The second kappa shape index (κ2) is 5.12. The van der Waals surface area contributed by atoms with Crippen LogP contribution in [-0.2, 0) is 10.0 Å². The van der Waals surface area contributed by atoms with Gasteiger partial charge in [0.25, 0.3) is 0 Å². The van der Waals surface area contributed by atoms with Crippen LogP contribution in [-0.4, -0.2) is 43.4 Å². The molecule has 2 heterocycles. The summed E-state index contributed by atoms with van der Waals surface area (Å²) in [6.07, 6.45) is 3.41. The minimum Gasteiger partial charge on any atom is -0.314 e. The first kappa shape index (κ1) is 13.5. The highest BCUT2D eigenvalue weighted by Crippen LogP contribution is 2.23. The van der Waals surface area contributed by atoms with E-state index < -0.39 is 10.0 Å². The van der Waals surface area contributed by atoms with Gasteiger partial charge in [-0.1, -0.05) is 6.07 Å². The Morgan fingerprint density at radius 1 is 1.30 bits per heavy atom. The van der Waals surface area contributed by atoms with E-state index in [1.165, 1.54) is 0 Å². The maximum absolute atomic E-state index is 12.7. The Kier molecular flexibility index (Phi) is 3.45. The van der Waals surface area contributed by atoms with Crippen molar-refractivity contribution in [3.8, 4) is 0 Å². The van der Waals surface area contributed by atoms with Crippen molar-refractivity contribution < 1.29 is 8.42 Å². The van der Waals surface area contributed by atoms with Crippen molar-refractivity contribution in [1.29, 1.82) is 0 Å². The van der Waals surface area contributed by atoms with Crippen LogP contribution in [0.5, 0.6) is 0 Å². The molecular weight excluding hydrogens is 274 g/mol. The molecule has 20 heavy (non-hydrogen) atoms. The lowest BCUT2D eigenvalue weighted by molar-refractivity contribution is 0.284. The third-order valence-electron chi connectivity index (χ3n) is 3.66. The average Bonchev–Trinajstić information content (AvgIpc) is 2.47. The summed E-state index contributed by atoms with van der Waals surface area (Å²) in [4.78, 5) is 4.39. The topological polar surface area (TPSA) is 62.3 Å². The minimum atomic E-state index is -3.43. The zero-order valence-corrected chi connectivity index (χ0v) is 12.1. The van der Waals surface area contributed by atoms with Crippen molar-refractivity contribution in [3.05, 3.63) is 36.7 Å². The van der Waals surface area contributed by atoms with Crippen molar-refractivity contribution in [2.75, 3.05) is 19.6 Å². The van der Waals surface area contributed by atoms with Gasteiger partial charge in [0, 0.05) is 43.5 Å². The van der Waals surface area contributed by atoms with Gasteiger partial charge in [-0.25, -0.2) is 8.42 Å². The molecule has 0 bridgehead atoms. The SMILES string of the molecule is C[C@H]1CNCCN1S(=O)(=O)c1ccc2cnccc2c1. The Labute approximate surface area is 118 Å². The van der Waals surface area contributed by atoms with Crippen LogP contribution in [0.25, 0.3) is 10.8 Å². The summed E-state index contributed by atoms with van der Waals surface area (Å²) < 4.78 is 27.0. The maximum Gasteiger partial charge on any atom is 0.243 e. The van der Waals surface area contributed by atoms with E-state index in [9.17, 15) is 8.42 Å². The molecular formula is C14H17N3O2S. The molecule has 106 valence electrons. The number of hydrogen-bond acceptors (Lipinski definition) is 4. The lowest BCUT2D eigenvalue weighted by Gasteiger charge is -2.32. The minimum absolute atomic E-state index is 0.0260. The van der Waals surface area contributed by atoms with Gasteiger partial charge in [-0.05, 0) is 30.5 Å². The standard InChI is InChI=1S/C14H17N3O2S/c1-11-9-16-6-7-17(11)20(18,19)14-3-2-13-10-15-5-4-12(13)8-14/h2-5,8,10-11,16H,6-7,9H2,1H3/t11-/m0/s1. The molecule has 1 fully saturated rings. The number of pyridine rings is 1. The summed E-state index contributed by atoms with van der Waals surface area (Å²) in [5, 5.41) is 5.04. The van der Waals surface area contributed by atoms with Crippen molar-refractivity contribution in [2.24, 2.45) is 0 Å². The van der Waals surface area contributed by atoms with Gasteiger partial charge in [0.15, 0.2) is 0 Å². The van der Waals surface area contributed by atoms with Gasteiger partial charge >= 0.3 is 0 Å². The third-order valence-corrected chi connectivity index (χ3v) is 5.67. The number of benzene rings is 1. The molecule has 1 aliphatic heterocycles. The molecule has 1 N–H and O–H groups in total. The monoisotopic (exact) mass is 291 g/mol. The molecule has 1 atom stereocenters. The Hall–Kier alpha value is -1.50. The molecule has 3 rings (SSSR count). The van der Waals surface area contributed by atoms with Crippen LogP contribution < -0.4 is 5.32 Å². The summed E-state index contributed by atoms with van der Waals surface area (Å²) in [5.41, 5.74) is 0. The Balaban J connectivity index is 2.04. The van der Waals surface area contributed by atoms with E-state index >= 15 is 0 Å². The Bertz CT molecular complexity index is 730. The van der Waals surface area contributed by atoms with Crippen LogP contribution in [0.1, 0.15) is 6.92 Å². The summed E-state index contributed by atoms with van der Waals surface area (Å²) in [5.74, 6) is 0. The van der Waals surface area contributed by atoms with Crippen LogP contribution in [0, 0.1) is 0 Å². The van der Waals surface area contributed by atoms with Gasteiger partial charge < -0.3 is 5.32 Å². The van der Waals surface area contributed by atoms with Crippen LogP contribution in [0.2, 0.25) is 0 Å². The number of rotatable bonds is 2. The van der Waals surface area contributed by atoms with Gasteiger partial charge in [0.05, 0.1) is 4.90 Å². The number of aromatic nitrogens is 1. The van der Waals surface area contributed by atoms with E-state index in [0.717, 1.165) is 10.8 Å². The highest BCUT2D eigenvalue weighted by atomic mass is 32.2. The second-order valence-corrected chi connectivity index (χ2v) is 6.94. The van der Waals surface area contributed by atoms with Crippen LogP contribution in [0.4, 0.5) is 0 Å². The van der Waals surface area contributed by atoms with Crippen LogP contribution in [0.15, 0.2) is 41.6 Å². The fraction of sp³-hybridized carbons (Fsp3) is 0.357. The molecule has 2 aromatic rings. The molecule has 1 aromatic heterocycles. The predicted octanol–water partition coefficient (Wildman–Crippen LogP) is 1.22. The predicted molar refractivity (Wildman–Crippen MR) is 78.0 cm³/mol. The maximum atomic E-state index is 12.7. The number of piperazine rings is 1. The van der Waals surface area contributed by atoms with Crippen LogP contribution >= 0.6 is 0 Å². The van der Waals surface area contributed by atoms with Crippen molar-refractivity contribution in [3.63, 3.8) is 0 Å². The number of hydrogen-bond donors (Lipinski definition) is 1. The molecule has 0 saturated carbocycles. The largest absolute Gasteiger partial charge is 0.314 e. The molecule has 1 aliphatic rings. The molecule has 0 aliphatic carbocycles. The third kappa shape index (κ3) is 2.30. The molecule has 5 nitrogen and oxygen atoms in total. The zero-order chi connectivity index (χ0) is 14.2. The van der Waals surface area contributed by atoms with Gasteiger partial charge in [-0.2, -0.15) is 4.31 Å². The summed E-state index contributed by atoms with van der Waals surface area (Å²) >= 11 is 0. The summed E-state index contributed by atoms with van der Waals surface area (Å²) in [7, 11) is -3.43. The summed E-state index contributed by atoms with van der Waals surface area (Å²) in [6.45, 7) is 3.82.